The molecular formula is C10H8Cl2O2. The first kappa shape index (κ1) is 11.2. The molecule has 0 N–H and O–H groups in total. The van der Waals surface area contributed by atoms with Crippen molar-refractivity contribution >= 4 is 34.8 Å². The van der Waals surface area contributed by atoms with E-state index in [1.54, 1.807) is 24.3 Å². The molecule has 1 unspecified atom stereocenters. The maximum Gasteiger partial charge on any atom is 0.220 e. The second kappa shape index (κ2) is 4.58. The third-order valence-corrected chi connectivity index (χ3v) is 2.40. The van der Waals surface area contributed by atoms with Crippen molar-refractivity contribution in [1.82, 2.24) is 0 Å². The summed E-state index contributed by atoms with van der Waals surface area (Å²) in [5, 5.41) is -0.448. The fraction of sp³-hybridized carbons (Fsp3) is 0.200. The third-order valence-electron chi connectivity index (χ3n) is 1.72. The van der Waals surface area contributed by atoms with Crippen LogP contribution in [0.4, 0.5) is 0 Å². The largest absolute Gasteiger partial charge is 0.291 e. The molecular weight excluding hydrogens is 223 g/mol. The number of ketones is 2. The molecule has 0 aliphatic heterocycles. The third kappa shape index (κ3) is 2.56. The SMILES string of the molecule is CC(=O)C(=O)C(Cl)c1cccc(Cl)c1. The van der Waals surface area contributed by atoms with Gasteiger partial charge in [0, 0.05) is 11.9 Å². The van der Waals surface area contributed by atoms with Gasteiger partial charge in [0.05, 0.1) is 0 Å². The van der Waals surface area contributed by atoms with Gasteiger partial charge in [-0.25, -0.2) is 0 Å². The molecule has 0 aromatic heterocycles. The number of hydrogen-bond donors (Lipinski definition) is 0. The van der Waals surface area contributed by atoms with E-state index in [0.717, 1.165) is 0 Å². The van der Waals surface area contributed by atoms with E-state index in [0.29, 0.717) is 10.6 Å². The minimum atomic E-state index is -0.939. The van der Waals surface area contributed by atoms with E-state index in [-0.39, 0.29) is 0 Å². The lowest BCUT2D eigenvalue weighted by molar-refractivity contribution is -0.135. The molecule has 14 heavy (non-hydrogen) atoms. The molecule has 4 heteroatoms. The standard InChI is InChI=1S/C10H8Cl2O2/c1-6(13)10(14)9(12)7-3-2-4-8(11)5-7/h2-5,9H,1H3. The zero-order chi connectivity index (χ0) is 10.7. The molecule has 74 valence electrons. The Kier molecular flexibility index (Phi) is 3.67. The molecule has 0 amide bonds. The van der Waals surface area contributed by atoms with Crippen molar-refractivity contribution in [1.29, 1.82) is 0 Å². The van der Waals surface area contributed by atoms with Gasteiger partial charge in [-0.2, -0.15) is 0 Å². The second-order valence-corrected chi connectivity index (χ2v) is 3.71. The fourth-order valence-electron chi connectivity index (χ4n) is 0.994. The van der Waals surface area contributed by atoms with Gasteiger partial charge in [-0.15, -0.1) is 11.6 Å². The zero-order valence-corrected chi connectivity index (χ0v) is 8.97. The molecule has 0 fully saturated rings. The van der Waals surface area contributed by atoms with Crippen molar-refractivity contribution in [3.05, 3.63) is 34.9 Å². The maximum absolute atomic E-state index is 11.2. The topological polar surface area (TPSA) is 34.1 Å². The average molecular weight is 231 g/mol. The van der Waals surface area contributed by atoms with Crippen molar-refractivity contribution in [2.45, 2.75) is 12.3 Å². The normalized spacial score (nSPS) is 12.2. The van der Waals surface area contributed by atoms with E-state index >= 15 is 0 Å². The molecule has 1 aromatic rings. The van der Waals surface area contributed by atoms with Crippen LogP contribution in [0.15, 0.2) is 24.3 Å². The predicted octanol–water partition coefficient (Wildman–Crippen LogP) is 2.78. The van der Waals surface area contributed by atoms with Gasteiger partial charge in [0.15, 0.2) is 5.78 Å². The highest BCUT2D eigenvalue weighted by atomic mass is 35.5. The van der Waals surface area contributed by atoms with Crippen LogP contribution in [0, 0.1) is 0 Å². The Morgan fingerprint density at radius 1 is 1.36 bits per heavy atom. The van der Waals surface area contributed by atoms with E-state index in [4.69, 9.17) is 23.2 Å². The molecule has 0 aliphatic carbocycles. The lowest BCUT2D eigenvalue weighted by Gasteiger charge is -2.06. The van der Waals surface area contributed by atoms with Crippen LogP contribution in [-0.2, 0) is 9.59 Å². The van der Waals surface area contributed by atoms with E-state index in [1.165, 1.54) is 6.92 Å². The number of carbonyl (C=O) groups excluding carboxylic acids is 2. The summed E-state index contributed by atoms with van der Waals surface area (Å²) >= 11 is 11.5. The molecule has 0 saturated heterocycles. The van der Waals surface area contributed by atoms with Crippen LogP contribution in [0.2, 0.25) is 5.02 Å². The molecule has 0 bridgehead atoms. The first-order valence-electron chi connectivity index (χ1n) is 3.96. The van der Waals surface area contributed by atoms with Crippen molar-refractivity contribution in [3.8, 4) is 0 Å². The molecule has 0 saturated carbocycles. The van der Waals surface area contributed by atoms with E-state index in [9.17, 15) is 9.59 Å². The maximum atomic E-state index is 11.2. The Bertz CT molecular complexity index is 374. The fourth-order valence-corrected chi connectivity index (χ4v) is 1.48. The Balaban J connectivity index is 2.95. The van der Waals surface area contributed by atoms with Crippen LogP contribution in [-0.4, -0.2) is 11.6 Å². The van der Waals surface area contributed by atoms with Gasteiger partial charge >= 0.3 is 0 Å². The highest BCUT2D eigenvalue weighted by molar-refractivity contribution is 6.49. The Hall–Kier alpha value is -0.860. The summed E-state index contributed by atoms with van der Waals surface area (Å²) < 4.78 is 0. The predicted molar refractivity (Wildman–Crippen MR) is 55.7 cm³/mol. The first-order chi connectivity index (χ1) is 6.52. The summed E-state index contributed by atoms with van der Waals surface area (Å²) in [6.45, 7) is 1.20. The molecule has 1 rings (SSSR count). The van der Waals surface area contributed by atoms with E-state index in [1.807, 2.05) is 0 Å². The minimum Gasteiger partial charge on any atom is -0.291 e. The van der Waals surface area contributed by atoms with Gasteiger partial charge in [-0.1, -0.05) is 23.7 Å². The number of Topliss-reactive ketones (excluding diaryl/α,β-unsaturated/α-hetero) is 2. The quantitative estimate of drug-likeness (QED) is 0.592. The van der Waals surface area contributed by atoms with Gasteiger partial charge in [-0.3, -0.25) is 9.59 Å². The summed E-state index contributed by atoms with van der Waals surface area (Å²) in [7, 11) is 0. The molecule has 0 radical (unpaired) electrons. The Labute approximate surface area is 91.8 Å². The van der Waals surface area contributed by atoms with Crippen LogP contribution in [0.3, 0.4) is 0 Å². The minimum absolute atomic E-state index is 0.490. The average Bonchev–Trinajstić information content (AvgIpc) is 2.15. The van der Waals surface area contributed by atoms with Gasteiger partial charge in [0.1, 0.15) is 5.38 Å². The van der Waals surface area contributed by atoms with Crippen LogP contribution < -0.4 is 0 Å². The summed E-state index contributed by atoms with van der Waals surface area (Å²) in [5.41, 5.74) is 0.541. The number of alkyl halides is 1. The van der Waals surface area contributed by atoms with Crippen molar-refractivity contribution in [2.24, 2.45) is 0 Å². The van der Waals surface area contributed by atoms with Gasteiger partial charge in [0.2, 0.25) is 5.78 Å². The van der Waals surface area contributed by atoms with Crippen LogP contribution in [0.1, 0.15) is 17.9 Å². The van der Waals surface area contributed by atoms with Gasteiger partial charge in [-0.05, 0) is 17.7 Å². The summed E-state index contributed by atoms with van der Waals surface area (Å²) in [6, 6.07) is 6.58. The second-order valence-electron chi connectivity index (χ2n) is 2.84. The van der Waals surface area contributed by atoms with Crippen LogP contribution in [0.5, 0.6) is 0 Å². The molecule has 0 aliphatic rings. The summed E-state index contributed by atoms with van der Waals surface area (Å²) in [5.74, 6) is -1.17. The number of hydrogen-bond acceptors (Lipinski definition) is 2. The van der Waals surface area contributed by atoms with Crippen LogP contribution in [0.25, 0.3) is 0 Å². The summed E-state index contributed by atoms with van der Waals surface area (Å²) in [4.78, 5) is 22.0. The Morgan fingerprint density at radius 3 is 2.50 bits per heavy atom. The lowest BCUT2D eigenvalue weighted by Crippen LogP contribution is -2.15. The Morgan fingerprint density at radius 2 is 2.00 bits per heavy atom. The van der Waals surface area contributed by atoms with Gasteiger partial charge in [0.25, 0.3) is 0 Å². The number of halogens is 2. The molecule has 1 aromatic carbocycles. The number of benzene rings is 1. The molecule has 1 atom stereocenters. The monoisotopic (exact) mass is 230 g/mol. The number of rotatable bonds is 3. The summed E-state index contributed by atoms with van der Waals surface area (Å²) in [6.07, 6.45) is 0. The molecule has 2 nitrogen and oxygen atoms in total. The van der Waals surface area contributed by atoms with E-state index < -0.39 is 16.9 Å². The van der Waals surface area contributed by atoms with Crippen molar-refractivity contribution in [2.75, 3.05) is 0 Å². The van der Waals surface area contributed by atoms with Crippen molar-refractivity contribution in [3.63, 3.8) is 0 Å². The zero-order valence-electron chi connectivity index (χ0n) is 7.46. The molecule has 0 heterocycles. The van der Waals surface area contributed by atoms with Crippen molar-refractivity contribution < 1.29 is 9.59 Å². The highest BCUT2D eigenvalue weighted by Crippen LogP contribution is 2.24. The molecule has 0 spiro atoms. The first-order valence-corrected chi connectivity index (χ1v) is 4.78. The lowest BCUT2D eigenvalue weighted by atomic mass is 10.1. The highest BCUT2D eigenvalue weighted by Gasteiger charge is 2.21. The van der Waals surface area contributed by atoms with E-state index in [2.05, 4.69) is 0 Å². The van der Waals surface area contributed by atoms with Gasteiger partial charge < -0.3 is 0 Å². The smallest absolute Gasteiger partial charge is 0.220 e. The number of carbonyl (C=O) groups is 2. The van der Waals surface area contributed by atoms with Crippen LogP contribution >= 0.6 is 23.2 Å².